The maximum atomic E-state index is 14.3. The summed E-state index contributed by atoms with van der Waals surface area (Å²) in [7, 11) is 1.29. The summed E-state index contributed by atoms with van der Waals surface area (Å²) in [6.07, 6.45) is 4.39. The number of nitrogens with zero attached hydrogens (tertiary/aromatic N) is 5. The van der Waals surface area contributed by atoms with Gasteiger partial charge in [0.2, 0.25) is 11.7 Å². The molecule has 12 heteroatoms. The smallest absolute Gasteiger partial charge is 0.289 e. The van der Waals surface area contributed by atoms with Gasteiger partial charge in [-0.15, -0.1) is 0 Å². The standard InChI is InChI=1S/C22H20FN7O4/c1-33-21-15(24)9-25-16(20(21)23)10-27-22(32)17-11-26-18(34-17)8-13-5-6-14(29-28-13)12-30-7-3-2-4-19(30)31/h2-7,9,11H,8,10,12,24H2,1H3,(H,27,32). The number of halogens is 1. The predicted molar refractivity (Wildman–Crippen MR) is 117 cm³/mol. The van der Waals surface area contributed by atoms with Crippen LogP contribution in [0.1, 0.15) is 33.5 Å². The van der Waals surface area contributed by atoms with E-state index in [9.17, 15) is 14.0 Å². The van der Waals surface area contributed by atoms with Gasteiger partial charge in [0.1, 0.15) is 0 Å². The van der Waals surface area contributed by atoms with Gasteiger partial charge in [-0.3, -0.25) is 14.6 Å². The van der Waals surface area contributed by atoms with Crippen LogP contribution in [0.5, 0.6) is 5.75 Å². The number of amides is 1. The van der Waals surface area contributed by atoms with Gasteiger partial charge in [-0.05, 0) is 18.2 Å². The average molecular weight is 465 g/mol. The molecule has 4 aromatic rings. The van der Waals surface area contributed by atoms with Crippen LogP contribution in [0.4, 0.5) is 10.1 Å². The van der Waals surface area contributed by atoms with Crippen LogP contribution in [-0.2, 0) is 19.5 Å². The van der Waals surface area contributed by atoms with Crippen LogP contribution in [0.25, 0.3) is 0 Å². The molecular weight excluding hydrogens is 445 g/mol. The molecule has 0 aromatic carbocycles. The number of methoxy groups -OCH3 is 1. The molecule has 3 N–H and O–H groups in total. The lowest BCUT2D eigenvalue weighted by atomic mass is 10.2. The molecule has 0 saturated heterocycles. The van der Waals surface area contributed by atoms with Crippen molar-refractivity contribution in [2.24, 2.45) is 0 Å². The van der Waals surface area contributed by atoms with Crippen LogP contribution < -0.4 is 21.3 Å². The fourth-order valence-corrected chi connectivity index (χ4v) is 3.09. The Labute approximate surface area is 192 Å². The number of anilines is 1. The van der Waals surface area contributed by atoms with E-state index in [0.717, 1.165) is 0 Å². The number of aromatic nitrogens is 5. The van der Waals surface area contributed by atoms with Crippen LogP contribution in [-0.4, -0.2) is 37.7 Å². The summed E-state index contributed by atoms with van der Waals surface area (Å²) in [6.45, 7) is 0.0976. The number of nitrogens with one attached hydrogen (secondary N) is 1. The summed E-state index contributed by atoms with van der Waals surface area (Å²) in [5.74, 6) is -1.27. The number of ether oxygens (including phenoxy) is 1. The van der Waals surface area contributed by atoms with Crippen molar-refractivity contribution in [3.8, 4) is 5.75 Å². The summed E-state index contributed by atoms with van der Waals surface area (Å²) in [5.41, 5.74) is 6.67. The van der Waals surface area contributed by atoms with Crippen LogP contribution in [0, 0.1) is 5.82 Å². The van der Waals surface area contributed by atoms with Crippen molar-refractivity contribution in [1.82, 2.24) is 30.0 Å². The quantitative estimate of drug-likeness (QED) is 0.392. The topological polar surface area (TPSA) is 151 Å². The minimum absolute atomic E-state index is 0.0349. The number of oxazole rings is 1. The Hall–Kier alpha value is -4.61. The minimum atomic E-state index is -0.750. The second-order valence-electron chi connectivity index (χ2n) is 7.17. The van der Waals surface area contributed by atoms with E-state index >= 15 is 0 Å². The van der Waals surface area contributed by atoms with Crippen LogP contribution in [0.15, 0.2) is 58.1 Å². The maximum Gasteiger partial charge on any atom is 0.289 e. The molecule has 174 valence electrons. The molecule has 0 radical (unpaired) electrons. The van der Waals surface area contributed by atoms with Crippen LogP contribution in [0.2, 0.25) is 0 Å². The highest BCUT2D eigenvalue weighted by atomic mass is 19.1. The number of carbonyl (C=O) groups excluding carboxylic acids is 1. The number of hydrogen-bond donors (Lipinski definition) is 2. The first-order chi connectivity index (χ1) is 16.4. The van der Waals surface area contributed by atoms with Gasteiger partial charge >= 0.3 is 0 Å². The van der Waals surface area contributed by atoms with Gasteiger partial charge in [0, 0.05) is 12.3 Å². The van der Waals surface area contributed by atoms with Crippen LogP contribution in [0.3, 0.4) is 0 Å². The molecule has 34 heavy (non-hydrogen) atoms. The monoisotopic (exact) mass is 465 g/mol. The third kappa shape index (κ3) is 5.06. The molecule has 0 saturated carbocycles. The maximum absolute atomic E-state index is 14.3. The molecule has 0 fully saturated rings. The lowest BCUT2D eigenvalue weighted by molar-refractivity contribution is 0.0920. The number of nitrogens with two attached hydrogens (primary N) is 1. The van der Waals surface area contributed by atoms with Gasteiger partial charge in [0.15, 0.2) is 11.6 Å². The van der Waals surface area contributed by atoms with Gasteiger partial charge < -0.3 is 24.8 Å². The first-order valence-corrected chi connectivity index (χ1v) is 10.1. The van der Waals surface area contributed by atoms with E-state index in [1.54, 1.807) is 30.5 Å². The van der Waals surface area contributed by atoms with Gasteiger partial charge in [-0.2, -0.15) is 10.2 Å². The summed E-state index contributed by atoms with van der Waals surface area (Å²) < 4.78 is 26.2. The first-order valence-electron chi connectivity index (χ1n) is 10.1. The molecule has 4 aromatic heterocycles. The van der Waals surface area contributed by atoms with Gasteiger partial charge in [0.05, 0.1) is 61.8 Å². The Morgan fingerprint density at radius 3 is 2.71 bits per heavy atom. The highest BCUT2D eigenvalue weighted by Gasteiger charge is 2.17. The van der Waals surface area contributed by atoms with Crippen molar-refractivity contribution in [2.75, 3.05) is 12.8 Å². The molecule has 0 aliphatic carbocycles. The molecule has 0 spiro atoms. The molecule has 0 aliphatic rings. The summed E-state index contributed by atoms with van der Waals surface area (Å²) in [4.78, 5) is 32.1. The number of pyridine rings is 2. The van der Waals surface area contributed by atoms with Crippen molar-refractivity contribution in [2.45, 2.75) is 19.5 Å². The van der Waals surface area contributed by atoms with E-state index in [1.807, 2.05) is 0 Å². The van der Waals surface area contributed by atoms with Gasteiger partial charge in [-0.1, -0.05) is 6.07 Å². The molecule has 0 bridgehead atoms. The Morgan fingerprint density at radius 2 is 1.97 bits per heavy atom. The van der Waals surface area contributed by atoms with Gasteiger partial charge in [0.25, 0.3) is 11.5 Å². The van der Waals surface area contributed by atoms with Crippen molar-refractivity contribution in [3.05, 3.63) is 93.8 Å². The van der Waals surface area contributed by atoms with E-state index in [0.29, 0.717) is 17.9 Å². The molecule has 1 amide bonds. The average Bonchev–Trinajstić information content (AvgIpc) is 3.30. The predicted octanol–water partition coefficient (Wildman–Crippen LogP) is 1.32. The molecular formula is C22H20FN7O4. The second-order valence-corrected chi connectivity index (χ2v) is 7.17. The van der Waals surface area contributed by atoms with Crippen molar-refractivity contribution < 1.29 is 18.3 Å². The molecule has 0 aliphatic heterocycles. The first kappa shape index (κ1) is 22.6. The third-order valence-electron chi connectivity index (χ3n) is 4.81. The molecule has 0 atom stereocenters. The lowest BCUT2D eigenvalue weighted by Gasteiger charge is -2.09. The summed E-state index contributed by atoms with van der Waals surface area (Å²) in [6, 6.07) is 8.39. The fourth-order valence-electron chi connectivity index (χ4n) is 3.09. The lowest BCUT2D eigenvalue weighted by Crippen LogP contribution is -2.23. The van der Waals surface area contributed by atoms with Crippen molar-refractivity contribution in [3.63, 3.8) is 0 Å². The molecule has 11 nitrogen and oxygen atoms in total. The molecule has 4 heterocycles. The number of hydrogen-bond acceptors (Lipinski definition) is 9. The largest absolute Gasteiger partial charge is 0.491 e. The van der Waals surface area contributed by atoms with Crippen molar-refractivity contribution >= 4 is 11.6 Å². The molecule has 0 unspecified atom stereocenters. The van der Waals surface area contributed by atoms with Gasteiger partial charge in [-0.25, -0.2) is 9.37 Å². The highest BCUT2D eigenvalue weighted by Crippen LogP contribution is 2.25. The van der Waals surface area contributed by atoms with E-state index < -0.39 is 11.7 Å². The molecule has 4 rings (SSSR count). The zero-order valence-corrected chi connectivity index (χ0v) is 18.1. The zero-order chi connectivity index (χ0) is 24.1. The zero-order valence-electron chi connectivity index (χ0n) is 18.1. The fraction of sp³-hybridized carbons (Fsp3) is 0.182. The Balaban J connectivity index is 1.35. The number of nitrogen functional groups attached to an aromatic ring is 1. The van der Waals surface area contributed by atoms with Crippen molar-refractivity contribution in [1.29, 1.82) is 0 Å². The van der Waals surface area contributed by atoms with Crippen LogP contribution >= 0.6 is 0 Å². The number of carbonyl (C=O) groups is 1. The number of rotatable bonds is 8. The second kappa shape index (κ2) is 9.90. The third-order valence-corrected chi connectivity index (χ3v) is 4.81. The Bertz CT molecular complexity index is 1370. The van der Waals surface area contributed by atoms with E-state index in [4.69, 9.17) is 14.9 Å². The summed E-state index contributed by atoms with van der Waals surface area (Å²) in [5, 5.41) is 10.8. The SMILES string of the molecule is COc1c(N)cnc(CNC(=O)c2cnc(Cc3ccc(Cn4ccccc4=O)nn3)o2)c1F. The van der Waals surface area contributed by atoms with E-state index in [-0.39, 0.29) is 47.3 Å². The van der Waals surface area contributed by atoms with E-state index in [2.05, 4.69) is 25.5 Å². The Kier molecular flexibility index (Phi) is 6.57. The highest BCUT2D eigenvalue weighted by molar-refractivity contribution is 5.91. The van der Waals surface area contributed by atoms with E-state index in [1.165, 1.54) is 30.1 Å². The normalized spacial score (nSPS) is 10.8. The summed E-state index contributed by atoms with van der Waals surface area (Å²) >= 11 is 0. The minimum Gasteiger partial charge on any atom is -0.491 e. The Morgan fingerprint density at radius 1 is 1.18 bits per heavy atom.